The lowest BCUT2D eigenvalue weighted by molar-refractivity contribution is -0.139. The van der Waals surface area contributed by atoms with E-state index in [9.17, 15) is 9.59 Å². The van der Waals surface area contributed by atoms with Crippen molar-refractivity contribution in [2.24, 2.45) is 0 Å². The number of rotatable bonds is 7. The minimum Gasteiger partial charge on any atom is -0.480 e. The Labute approximate surface area is 114 Å². The number of carboxylic acid groups (broad SMARTS) is 1. The fourth-order valence-electron chi connectivity index (χ4n) is 1.27. The van der Waals surface area contributed by atoms with Crippen LogP contribution in [0.1, 0.15) is 18.1 Å². The number of nitrogens with one attached hydrogen (secondary N) is 2. The topological polar surface area (TPSA) is 117 Å². The molecule has 2 amide bonds. The summed E-state index contributed by atoms with van der Waals surface area (Å²) < 4.78 is 4.74. The van der Waals surface area contributed by atoms with E-state index in [-0.39, 0.29) is 6.54 Å². The summed E-state index contributed by atoms with van der Waals surface area (Å²) in [7, 11) is 0. The predicted molar refractivity (Wildman–Crippen MR) is 68.8 cm³/mol. The highest BCUT2D eigenvalue weighted by Crippen LogP contribution is 2.01. The monoisotopic (exact) mass is 288 g/mol. The van der Waals surface area contributed by atoms with Gasteiger partial charge in [-0.2, -0.15) is 16.7 Å². The van der Waals surface area contributed by atoms with Gasteiger partial charge in [0, 0.05) is 6.92 Å². The van der Waals surface area contributed by atoms with Crippen LogP contribution >= 0.6 is 11.8 Å². The molecule has 0 radical (unpaired) electrons. The fourth-order valence-corrected chi connectivity index (χ4v) is 1.75. The van der Waals surface area contributed by atoms with Gasteiger partial charge in [-0.05, 0) is 18.4 Å². The fraction of sp³-hybridized carbons (Fsp3) is 0.600. The van der Waals surface area contributed by atoms with Crippen molar-refractivity contribution in [3.8, 4) is 0 Å². The molecule has 1 heterocycles. The van der Waals surface area contributed by atoms with Crippen LogP contribution in [0, 0.1) is 6.92 Å². The van der Waals surface area contributed by atoms with Crippen molar-refractivity contribution >= 4 is 23.8 Å². The van der Waals surface area contributed by atoms with Gasteiger partial charge in [-0.3, -0.25) is 0 Å². The Kier molecular flexibility index (Phi) is 6.13. The van der Waals surface area contributed by atoms with Crippen molar-refractivity contribution < 1.29 is 19.2 Å². The van der Waals surface area contributed by atoms with E-state index in [1.165, 1.54) is 11.8 Å². The quantitative estimate of drug-likeness (QED) is 0.664. The average Bonchev–Trinajstić information content (AvgIpc) is 2.77. The molecule has 1 aromatic rings. The number of aryl methyl sites for hydroxylation is 1. The van der Waals surface area contributed by atoms with Gasteiger partial charge in [0.2, 0.25) is 5.89 Å². The van der Waals surface area contributed by atoms with Gasteiger partial charge in [-0.15, -0.1) is 0 Å². The highest BCUT2D eigenvalue weighted by atomic mass is 32.2. The second-order valence-electron chi connectivity index (χ2n) is 3.73. The van der Waals surface area contributed by atoms with Crippen molar-refractivity contribution in [3.05, 3.63) is 11.7 Å². The number of amides is 2. The lowest BCUT2D eigenvalue weighted by Gasteiger charge is -2.13. The number of nitrogens with zero attached hydrogens (tertiary/aromatic N) is 2. The molecule has 0 spiro atoms. The van der Waals surface area contributed by atoms with E-state index in [1.54, 1.807) is 6.92 Å². The number of carbonyl (C=O) groups excluding carboxylic acids is 1. The van der Waals surface area contributed by atoms with Crippen LogP contribution in [0.5, 0.6) is 0 Å². The van der Waals surface area contributed by atoms with Crippen LogP contribution in [0.15, 0.2) is 4.52 Å². The van der Waals surface area contributed by atoms with Gasteiger partial charge in [-0.25, -0.2) is 9.59 Å². The molecule has 106 valence electrons. The molecule has 0 bridgehead atoms. The van der Waals surface area contributed by atoms with Crippen molar-refractivity contribution in [1.82, 2.24) is 20.8 Å². The molecule has 3 N–H and O–H groups in total. The van der Waals surface area contributed by atoms with Crippen molar-refractivity contribution in [1.29, 1.82) is 0 Å². The smallest absolute Gasteiger partial charge is 0.326 e. The lowest BCUT2D eigenvalue weighted by Crippen LogP contribution is -2.46. The molecular formula is C10H16N4O4S. The van der Waals surface area contributed by atoms with Gasteiger partial charge in [0.25, 0.3) is 0 Å². The van der Waals surface area contributed by atoms with Crippen LogP contribution in [-0.4, -0.2) is 45.3 Å². The zero-order valence-corrected chi connectivity index (χ0v) is 11.5. The standard InChI is InChI=1S/C10H16N4O4S/c1-6-12-8(14-18-6)5-11-10(17)13-7(9(15)16)3-4-19-2/h7H,3-5H2,1-2H3,(H,15,16)(H2,11,13,17)/t7-/m0/s1. The molecule has 0 aliphatic heterocycles. The van der Waals surface area contributed by atoms with Gasteiger partial charge in [0.1, 0.15) is 6.04 Å². The first-order valence-corrected chi connectivity index (χ1v) is 6.97. The molecule has 0 saturated heterocycles. The number of aromatic nitrogens is 2. The third kappa shape index (κ3) is 5.60. The predicted octanol–water partition coefficient (Wildman–Crippen LogP) is 0.384. The van der Waals surface area contributed by atoms with E-state index in [1.807, 2.05) is 6.26 Å². The second-order valence-corrected chi connectivity index (χ2v) is 4.71. The van der Waals surface area contributed by atoms with E-state index < -0.39 is 18.0 Å². The third-order valence-corrected chi connectivity index (χ3v) is 2.83. The summed E-state index contributed by atoms with van der Waals surface area (Å²) in [5, 5.41) is 17.4. The lowest BCUT2D eigenvalue weighted by atomic mass is 10.2. The Bertz CT molecular complexity index is 437. The summed E-state index contributed by atoms with van der Waals surface area (Å²) in [5.41, 5.74) is 0. The summed E-state index contributed by atoms with van der Waals surface area (Å²) in [4.78, 5) is 26.4. The summed E-state index contributed by atoms with van der Waals surface area (Å²) in [6.45, 7) is 1.72. The normalized spacial score (nSPS) is 11.9. The first-order chi connectivity index (χ1) is 9.02. The number of thioether (sulfide) groups is 1. The molecule has 8 nitrogen and oxygen atoms in total. The number of aliphatic carboxylic acids is 1. The molecule has 0 unspecified atom stereocenters. The third-order valence-electron chi connectivity index (χ3n) is 2.19. The van der Waals surface area contributed by atoms with E-state index >= 15 is 0 Å². The van der Waals surface area contributed by atoms with E-state index in [0.29, 0.717) is 23.9 Å². The molecule has 0 fully saturated rings. The van der Waals surface area contributed by atoms with Crippen molar-refractivity contribution in [3.63, 3.8) is 0 Å². The molecule has 0 aliphatic rings. The first kappa shape index (κ1) is 15.3. The molecule has 1 rings (SSSR count). The molecule has 19 heavy (non-hydrogen) atoms. The van der Waals surface area contributed by atoms with Crippen molar-refractivity contribution in [2.75, 3.05) is 12.0 Å². The molecule has 1 atom stereocenters. The molecule has 0 saturated carbocycles. The minimum absolute atomic E-state index is 0.0814. The van der Waals surface area contributed by atoms with Crippen LogP contribution in [0.25, 0.3) is 0 Å². The maximum atomic E-state index is 11.5. The number of hydrogen-bond donors (Lipinski definition) is 3. The maximum Gasteiger partial charge on any atom is 0.326 e. The van der Waals surface area contributed by atoms with Crippen LogP contribution in [0.2, 0.25) is 0 Å². The first-order valence-electron chi connectivity index (χ1n) is 5.58. The van der Waals surface area contributed by atoms with Crippen LogP contribution < -0.4 is 10.6 Å². The Morgan fingerprint density at radius 1 is 1.53 bits per heavy atom. The summed E-state index contributed by atoms with van der Waals surface area (Å²) in [5.74, 6) is 0.338. The highest BCUT2D eigenvalue weighted by Gasteiger charge is 2.19. The van der Waals surface area contributed by atoms with Crippen LogP contribution in [0.4, 0.5) is 4.79 Å². The molecule has 1 aromatic heterocycles. The largest absolute Gasteiger partial charge is 0.480 e. The molecule has 0 aliphatic carbocycles. The van der Waals surface area contributed by atoms with E-state index in [4.69, 9.17) is 9.63 Å². The van der Waals surface area contributed by atoms with Gasteiger partial charge >= 0.3 is 12.0 Å². The van der Waals surface area contributed by atoms with E-state index in [2.05, 4.69) is 20.8 Å². The average molecular weight is 288 g/mol. The molecule has 0 aromatic carbocycles. The van der Waals surface area contributed by atoms with E-state index in [0.717, 1.165) is 0 Å². The number of hydrogen-bond acceptors (Lipinski definition) is 6. The molecule has 9 heteroatoms. The van der Waals surface area contributed by atoms with Gasteiger partial charge in [0.05, 0.1) is 6.54 Å². The van der Waals surface area contributed by atoms with Crippen molar-refractivity contribution in [2.45, 2.75) is 25.9 Å². The van der Waals surface area contributed by atoms with Gasteiger partial charge in [0.15, 0.2) is 5.82 Å². The Balaban J connectivity index is 2.37. The van der Waals surface area contributed by atoms with Crippen LogP contribution in [0.3, 0.4) is 0 Å². The summed E-state index contributed by atoms with van der Waals surface area (Å²) >= 11 is 1.52. The zero-order chi connectivity index (χ0) is 14.3. The Morgan fingerprint density at radius 3 is 2.79 bits per heavy atom. The minimum atomic E-state index is -1.06. The highest BCUT2D eigenvalue weighted by molar-refractivity contribution is 7.98. The Hall–Kier alpha value is -1.77. The SMILES string of the molecule is CSCC[C@H](NC(=O)NCc1noc(C)n1)C(=O)O. The molecular weight excluding hydrogens is 272 g/mol. The maximum absolute atomic E-state index is 11.5. The number of carbonyl (C=O) groups is 2. The van der Waals surface area contributed by atoms with Gasteiger partial charge < -0.3 is 20.3 Å². The second kappa shape index (κ2) is 7.62. The van der Waals surface area contributed by atoms with Gasteiger partial charge in [-0.1, -0.05) is 5.16 Å². The number of urea groups is 1. The van der Waals surface area contributed by atoms with Crippen LogP contribution in [-0.2, 0) is 11.3 Å². The summed E-state index contributed by atoms with van der Waals surface area (Å²) in [6.07, 6.45) is 2.24. The summed E-state index contributed by atoms with van der Waals surface area (Å²) in [6, 6.07) is -1.48. The zero-order valence-electron chi connectivity index (χ0n) is 10.7. The Morgan fingerprint density at radius 2 is 2.26 bits per heavy atom. The number of carboxylic acids is 1.